The van der Waals surface area contributed by atoms with Crippen LogP contribution in [0, 0.1) is 12.8 Å². The monoisotopic (exact) mass is 426 g/mol. The highest BCUT2D eigenvalue weighted by atomic mass is 16.5. The number of rotatable bonds is 6. The average molecular weight is 427 g/mol. The third-order valence-corrected chi connectivity index (χ3v) is 6.95. The fourth-order valence-electron chi connectivity index (χ4n) is 4.91. The summed E-state index contributed by atoms with van der Waals surface area (Å²) in [5.41, 5.74) is 8.30. The zero-order valence-corrected chi connectivity index (χ0v) is 19.2. The van der Waals surface area contributed by atoms with Crippen molar-refractivity contribution in [2.75, 3.05) is 33.9 Å². The molecule has 2 aromatic rings. The molecule has 7 nitrogen and oxygen atoms in total. The minimum absolute atomic E-state index is 0.0603. The van der Waals surface area contributed by atoms with E-state index in [0.29, 0.717) is 18.5 Å². The summed E-state index contributed by atoms with van der Waals surface area (Å²) in [7, 11) is 3.61. The number of fused-ring (bicyclic) bond motifs is 1. The van der Waals surface area contributed by atoms with E-state index in [0.717, 1.165) is 59.4 Å². The summed E-state index contributed by atoms with van der Waals surface area (Å²) >= 11 is 0. The van der Waals surface area contributed by atoms with Crippen LogP contribution < -0.4 is 10.7 Å². The van der Waals surface area contributed by atoms with E-state index in [9.17, 15) is 4.79 Å². The summed E-state index contributed by atoms with van der Waals surface area (Å²) in [6, 6.07) is 6.39. The zero-order chi connectivity index (χ0) is 22.1. The summed E-state index contributed by atoms with van der Waals surface area (Å²) in [6.07, 6.45) is 4.14. The molecule has 1 aromatic heterocycles. The van der Waals surface area contributed by atoms with Gasteiger partial charge in [0, 0.05) is 73.9 Å². The van der Waals surface area contributed by atoms with E-state index in [4.69, 9.17) is 9.47 Å². The maximum absolute atomic E-state index is 13.2. The Kier molecular flexibility index (Phi) is 6.36. The van der Waals surface area contributed by atoms with Crippen LogP contribution >= 0.6 is 0 Å². The molecule has 2 aliphatic heterocycles. The number of hydrogen-bond acceptors (Lipinski definition) is 5. The Morgan fingerprint density at radius 3 is 2.77 bits per heavy atom. The number of aromatic nitrogens is 1. The molecule has 1 fully saturated rings. The van der Waals surface area contributed by atoms with Crippen LogP contribution in [0.1, 0.15) is 48.7 Å². The van der Waals surface area contributed by atoms with Gasteiger partial charge in [0.15, 0.2) is 0 Å². The van der Waals surface area contributed by atoms with Gasteiger partial charge in [-0.25, -0.2) is 5.43 Å². The predicted molar refractivity (Wildman–Crippen MR) is 122 cm³/mol. The summed E-state index contributed by atoms with van der Waals surface area (Å²) in [6.45, 7) is 8.51. The normalized spacial score (nSPS) is 21.2. The number of carbonyl (C=O) groups is 1. The van der Waals surface area contributed by atoms with Gasteiger partial charge in [-0.1, -0.05) is 6.07 Å². The molecule has 31 heavy (non-hydrogen) atoms. The molecule has 0 aliphatic carbocycles. The third kappa shape index (κ3) is 4.10. The van der Waals surface area contributed by atoms with Crippen molar-refractivity contribution in [1.29, 1.82) is 0 Å². The van der Waals surface area contributed by atoms with E-state index in [1.54, 1.807) is 7.11 Å². The number of ether oxygens (including phenoxy) is 2. The Labute approximate surface area is 184 Å². The van der Waals surface area contributed by atoms with Crippen LogP contribution in [0.5, 0.6) is 0 Å². The summed E-state index contributed by atoms with van der Waals surface area (Å²) < 4.78 is 13.4. The number of allylic oxidation sites excluding steroid dienone is 1. The first-order valence-corrected chi connectivity index (χ1v) is 11.1. The van der Waals surface area contributed by atoms with Crippen LogP contribution in [0.3, 0.4) is 0 Å². The summed E-state index contributed by atoms with van der Waals surface area (Å²) in [5.74, 6) is 0.531. The van der Waals surface area contributed by atoms with Gasteiger partial charge in [0.05, 0.1) is 0 Å². The molecule has 0 spiro atoms. The van der Waals surface area contributed by atoms with Crippen molar-refractivity contribution in [1.82, 2.24) is 20.3 Å². The van der Waals surface area contributed by atoms with Crippen molar-refractivity contribution in [3.63, 3.8) is 0 Å². The molecule has 168 valence electrons. The third-order valence-electron chi connectivity index (χ3n) is 6.95. The highest BCUT2D eigenvalue weighted by molar-refractivity contribution is 6.07. The van der Waals surface area contributed by atoms with E-state index in [2.05, 4.69) is 41.4 Å². The fourth-order valence-corrected chi connectivity index (χ4v) is 4.91. The molecule has 1 amide bonds. The van der Waals surface area contributed by atoms with Gasteiger partial charge in [0.2, 0.25) is 0 Å². The van der Waals surface area contributed by atoms with Gasteiger partial charge in [-0.15, -0.1) is 0 Å². The van der Waals surface area contributed by atoms with E-state index in [1.807, 2.05) is 31.1 Å². The minimum Gasteiger partial charge on any atom is -0.381 e. The molecular formula is C24H34N4O3. The van der Waals surface area contributed by atoms with Crippen LogP contribution in [0.2, 0.25) is 0 Å². The number of nitrogens with one attached hydrogen (secondary N) is 2. The van der Waals surface area contributed by atoms with Crippen molar-refractivity contribution >= 4 is 16.8 Å². The Balaban J connectivity index is 1.58. The van der Waals surface area contributed by atoms with Crippen molar-refractivity contribution in [3.05, 3.63) is 46.8 Å². The standard InChI is InChI=1S/C24H34N4O3/c1-15-14-28(16(2)18-9-11-31-12-10-18)21-8-6-7-19(22(15)21)23(29)25-13-20-17(3)27(4)26-24(20)30-5/h6-8,14,16,18,24,26H,9-13H2,1-5H3,(H,25,29). The molecule has 1 aromatic carbocycles. The molecule has 2 unspecified atom stereocenters. The Hall–Kier alpha value is -2.35. The predicted octanol–water partition coefficient (Wildman–Crippen LogP) is 3.36. The van der Waals surface area contributed by atoms with Crippen molar-refractivity contribution in [2.45, 2.75) is 45.9 Å². The second kappa shape index (κ2) is 9.02. The molecule has 3 heterocycles. The summed E-state index contributed by atoms with van der Waals surface area (Å²) in [4.78, 5) is 13.2. The Morgan fingerprint density at radius 2 is 2.06 bits per heavy atom. The number of benzene rings is 1. The first kappa shape index (κ1) is 21.9. The maximum Gasteiger partial charge on any atom is 0.252 e. The first-order valence-electron chi connectivity index (χ1n) is 11.1. The second-order valence-electron chi connectivity index (χ2n) is 8.71. The Bertz CT molecular complexity index is 990. The second-order valence-corrected chi connectivity index (χ2v) is 8.71. The molecule has 2 atom stereocenters. The minimum atomic E-state index is -0.218. The van der Waals surface area contributed by atoms with Crippen LogP contribution in [0.15, 0.2) is 35.7 Å². The van der Waals surface area contributed by atoms with Crippen molar-refractivity contribution in [2.24, 2.45) is 5.92 Å². The molecule has 0 bridgehead atoms. The highest BCUT2D eigenvalue weighted by Crippen LogP contribution is 2.33. The van der Waals surface area contributed by atoms with Crippen LogP contribution in [0.4, 0.5) is 0 Å². The van der Waals surface area contributed by atoms with Gasteiger partial charge in [-0.2, -0.15) is 0 Å². The van der Waals surface area contributed by atoms with Crippen LogP contribution in [0.25, 0.3) is 10.9 Å². The van der Waals surface area contributed by atoms with Gasteiger partial charge >= 0.3 is 0 Å². The first-order chi connectivity index (χ1) is 14.9. The van der Waals surface area contributed by atoms with Gasteiger partial charge < -0.3 is 24.4 Å². The molecule has 2 aliphatic rings. The lowest BCUT2D eigenvalue weighted by Crippen LogP contribution is -2.37. The van der Waals surface area contributed by atoms with Gasteiger partial charge in [0.1, 0.15) is 6.23 Å². The number of aryl methyl sites for hydroxylation is 1. The fraction of sp³-hybridized carbons (Fsp3) is 0.542. The van der Waals surface area contributed by atoms with Crippen LogP contribution in [-0.2, 0) is 9.47 Å². The molecule has 7 heteroatoms. The number of methoxy groups -OCH3 is 1. The molecule has 1 saturated heterocycles. The zero-order valence-electron chi connectivity index (χ0n) is 19.2. The average Bonchev–Trinajstić information content (AvgIpc) is 3.28. The quantitative estimate of drug-likeness (QED) is 0.741. The number of amides is 1. The lowest BCUT2D eigenvalue weighted by molar-refractivity contribution is 0.0519. The largest absolute Gasteiger partial charge is 0.381 e. The number of hydrazine groups is 1. The molecule has 4 rings (SSSR count). The van der Waals surface area contributed by atoms with Gasteiger partial charge in [-0.3, -0.25) is 4.79 Å². The van der Waals surface area contributed by atoms with Gasteiger partial charge in [0.25, 0.3) is 5.91 Å². The van der Waals surface area contributed by atoms with Crippen molar-refractivity contribution < 1.29 is 14.3 Å². The highest BCUT2D eigenvalue weighted by Gasteiger charge is 2.27. The number of nitrogens with zero attached hydrogens (tertiary/aromatic N) is 2. The molecule has 2 N–H and O–H groups in total. The molecule has 0 radical (unpaired) electrons. The van der Waals surface area contributed by atoms with E-state index < -0.39 is 0 Å². The van der Waals surface area contributed by atoms with E-state index in [-0.39, 0.29) is 12.1 Å². The van der Waals surface area contributed by atoms with Crippen LogP contribution in [-0.4, -0.2) is 55.6 Å². The van der Waals surface area contributed by atoms with Gasteiger partial charge in [-0.05, 0) is 57.2 Å². The number of carbonyl (C=O) groups excluding carboxylic acids is 1. The van der Waals surface area contributed by atoms with E-state index >= 15 is 0 Å². The smallest absolute Gasteiger partial charge is 0.252 e. The topological polar surface area (TPSA) is 67.8 Å². The maximum atomic E-state index is 13.2. The Morgan fingerprint density at radius 1 is 1.32 bits per heavy atom. The SMILES string of the molecule is COC1NN(C)C(C)=C1CNC(=O)c1cccc2c1c(C)cn2C(C)C1CCOCC1. The lowest BCUT2D eigenvalue weighted by Gasteiger charge is -2.29. The molecule has 0 saturated carbocycles. The van der Waals surface area contributed by atoms with E-state index in [1.165, 1.54) is 0 Å². The molecular weight excluding hydrogens is 392 g/mol. The lowest BCUT2D eigenvalue weighted by atomic mass is 9.92. The number of hydrogen-bond donors (Lipinski definition) is 2. The summed E-state index contributed by atoms with van der Waals surface area (Å²) in [5, 5.41) is 6.07. The van der Waals surface area contributed by atoms with Crippen molar-refractivity contribution in [3.8, 4) is 0 Å².